The van der Waals surface area contributed by atoms with E-state index in [1.165, 1.54) is 24.4 Å². The molecule has 0 amide bonds. The summed E-state index contributed by atoms with van der Waals surface area (Å²) in [5, 5.41) is 29.7. The van der Waals surface area contributed by atoms with Gasteiger partial charge in [-0.1, -0.05) is 0 Å². The lowest BCUT2D eigenvalue weighted by atomic mass is 10.1. The second-order valence-corrected chi connectivity index (χ2v) is 4.97. The molecule has 8 heteroatoms. The molecule has 2 aromatic heterocycles. The summed E-state index contributed by atoms with van der Waals surface area (Å²) in [6.07, 6.45) is 1.30. The summed E-state index contributed by atoms with van der Waals surface area (Å²) < 4.78 is 5.61. The van der Waals surface area contributed by atoms with Gasteiger partial charge in [0.05, 0.1) is 11.2 Å². The highest BCUT2D eigenvalue weighted by atomic mass is 35.5. The van der Waals surface area contributed by atoms with Crippen molar-refractivity contribution in [1.82, 2.24) is 4.98 Å². The molecule has 0 radical (unpaired) electrons. The molecule has 0 unspecified atom stereocenters. The quantitative estimate of drug-likeness (QED) is 0.417. The first kappa shape index (κ1) is 17.3. The topological polar surface area (TPSA) is 119 Å². The second-order valence-electron chi connectivity index (χ2n) is 4.97. The van der Waals surface area contributed by atoms with Crippen molar-refractivity contribution in [3.05, 3.63) is 46.8 Å². The molecule has 0 aliphatic rings. The number of rotatable bonds is 2. The van der Waals surface area contributed by atoms with Crippen molar-refractivity contribution in [3.8, 4) is 23.0 Å². The van der Waals surface area contributed by atoms with Crippen LogP contribution in [0.5, 0.6) is 11.6 Å². The molecular weight excluding hydrogens is 334 g/mol. The number of aromatic hydroxyl groups is 2. The van der Waals surface area contributed by atoms with E-state index in [2.05, 4.69) is 10.3 Å². The van der Waals surface area contributed by atoms with E-state index in [9.17, 15) is 15.0 Å². The van der Waals surface area contributed by atoms with Crippen molar-refractivity contribution in [2.45, 2.75) is 6.92 Å². The van der Waals surface area contributed by atoms with E-state index in [1.807, 2.05) is 0 Å². The van der Waals surface area contributed by atoms with E-state index >= 15 is 0 Å². The van der Waals surface area contributed by atoms with E-state index in [0.29, 0.717) is 16.8 Å². The van der Waals surface area contributed by atoms with Crippen LogP contribution in [0, 0.1) is 5.41 Å². The van der Waals surface area contributed by atoms with Crippen LogP contribution in [0.1, 0.15) is 6.92 Å². The Morgan fingerprint density at radius 3 is 2.62 bits per heavy atom. The Labute approximate surface area is 142 Å². The zero-order valence-electron chi connectivity index (χ0n) is 12.5. The van der Waals surface area contributed by atoms with Crippen molar-refractivity contribution in [2.24, 2.45) is 0 Å². The minimum Gasteiger partial charge on any atom is -0.502 e. The average Bonchev–Trinajstić information content (AvgIpc) is 2.52. The van der Waals surface area contributed by atoms with Gasteiger partial charge in [-0.05, 0) is 31.2 Å². The van der Waals surface area contributed by atoms with E-state index in [0.717, 1.165) is 0 Å². The average molecular weight is 348 g/mol. The van der Waals surface area contributed by atoms with E-state index < -0.39 is 11.2 Å². The first-order valence-electron chi connectivity index (χ1n) is 6.73. The number of aromatic nitrogens is 1. The third kappa shape index (κ3) is 3.16. The first-order chi connectivity index (χ1) is 11.0. The molecule has 4 N–H and O–H groups in total. The molecule has 0 fully saturated rings. The zero-order chi connectivity index (χ0) is 16.6. The van der Waals surface area contributed by atoms with Crippen molar-refractivity contribution < 1.29 is 14.6 Å². The Kier molecular flexibility index (Phi) is 4.75. The molecule has 0 atom stereocenters. The number of pyridine rings is 1. The van der Waals surface area contributed by atoms with Gasteiger partial charge in [-0.25, -0.2) is 4.98 Å². The third-order valence-corrected chi connectivity index (χ3v) is 3.21. The van der Waals surface area contributed by atoms with Crippen LogP contribution in [0.2, 0.25) is 0 Å². The van der Waals surface area contributed by atoms with Gasteiger partial charge in [0.2, 0.25) is 17.1 Å². The molecular formula is C16H14ClN3O4. The molecule has 124 valence electrons. The van der Waals surface area contributed by atoms with Crippen LogP contribution >= 0.6 is 12.4 Å². The van der Waals surface area contributed by atoms with Crippen LogP contribution in [0.15, 0.2) is 45.7 Å². The van der Waals surface area contributed by atoms with Crippen LogP contribution < -0.4 is 10.7 Å². The molecule has 1 aromatic carbocycles. The SMILES string of the molecule is CC(=N)Nc1ccc2oc(-c3ccc(O)nc3)c(O)c(=O)c2c1.Cl. The normalized spacial score (nSPS) is 10.2. The molecule has 0 saturated carbocycles. The lowest BCUT2D eigenvalue weighted by molar-refractivity contribution is 0.446. The van der Waals surface area contributed by atoms with Crippen LogP contribution in [0.25, 0.3) is 22.3 Å². The molecule has 3 rings (SSSR count). The van der Waals surface area contributed by atoms with Crippen LogP contribution in [0.3, 0.4) is 0 Å². The molecule has 0 aliphatic heterocycles. The highest BCUT2D eigenvalue weighted by Crippen LogP contribution is 2.30. The smallest absolute Gasteiger partial charge is 0.235 e. The summed E-state index contributed by atoms with van der Waals surface area (Å²) in [5.74, 6) is -0.494. The van der Waals surface area contributed by atoms with Crippen LogP contribution in [-0.4, -0.2) is 21.0 Å². The maximum absolute atomic E-state index is 12.4. The van der Waals surface area contributed by atoms with Gasteiger partial charge >= 0.3 is 0 Å². The number of hydrogen-bond acceptors (Lipinski definition) is 6. The number of anilines is 1. The molecule has 3 aromatic rings. The van der Waals surface area contributed by atoms with Crippen molar-refractivity contribution in [3.63, 3.8) is 0 Å². The molecule has 0 aliphatic carbocycles. The van der Waals surface area contributed by atoms with Gasteiger partial charge < -0.3 is 19.9 Å². The van der Waals surface area contributed by atoms with E-state index in [1.54, 1.807) is 19.1 Å². The lowest BCUT2D eigenvalue weighted by Gasteiger charge is -2.08. The van der Waals surface area contributed by atoms with Crippen molar-refractivity contribution >= 4 is 34.9 Å². The zero-order valence-corrected chi connectivity index (χ0v) is 13.3. The monoisotopic (exact) mass is 347 g/mol. The molecule has 7 nitrogen and oxygen atoms in total. The number of amidine groups is 1. The number of benzene rings is 1. The summed E-state index contributed by atoms with van der Waals surface area (Å²) in [6, 6.07) is 7.58. The fraction of sp³-hybridized carbons (Fsp3) is 0.0625. The van der Waals surface area contributed by atoms with E-state index in [4.69, 9.17) is 9.83 Å². The highest BCUT2D eigenvalue weighted by molar-refractivity contribution is 5.94. The van der Waals surface area contributed by atoms with Gasteiger partial charge in [0.15, 0.2) is 5.76 Å². The van der Waals surface area contributed by atoms with Crippen LogP contribution in [0.4, 0.5) is 5.69 Å². The Bertz CT molecular complexity index is 967. The Morgan fingerprint density at radius 2 is 2.00 bits per heavy atom. The largest absolute Gasteiger partial charge is 0.502 e. The molecule has 0 bridgehead atoms. The third-order valence-electron chi connectivity index (χ3n) is 3.21. The number of hydrogen-bond donors (Lipinski definition) is 4. The summed E-state index contributed by atoms with van der Waals surface area (Å²) in [4.78, 5) is 16.1. The fourth-order valence-electron chi connectivity index (χ4n) is 2.20. The molecule has 2 heterocycles. The Balaban J connectivity index is 0.00000208. The number of fused-ring (bicyclic) bond motifs is 1. The standard InChI is InChI=1S/C16H13N3O4.ClH/c1-8(17)19-10-3-4-12-11(6-10)14(21)15(22)16(23-12)9-2-5-13(20)18-7-9;/h2-7,22H,1H3,(H2,17,19)(H,18,20);1H. The van der Waals surface area contributed by atoms with E-state index in [-0.39, 0.29) is 35.3 Å². The van der Waals surface area contributed by atoms with Crippen molar-refractivity contribution in [1.29, 1.82) is 5.41 Å². The van der Waals surface area contributed by atoms with Gasteiger partial charge in [0.25, 0.3) is 0 Å². The second kappa shape index (κ2) is 6.59. The summed E-state index contributed by atoms with van der Waals surface area (Å²) in [5.41, 5.74) is 0.636. The molecule has 0 saturated heterocycles. The highest BCUT2D eigenvalue weighted by Gasteiger charge is 2.16. The molecule has 0 spiro atoms. The predicted molar refractivity (Wildman–Crippen MR) is 93.3 cm³/mol. The summed E-state index contributed by atoms with van der Waals surface area (Å²) in [6.45, 7) is 1.57. The van der Waals surface area contributed by atoms with Gasteiger partial charge in [0.1, 0.15) is 5.58 Å². The maximum atomic E-state index is 12.4. The summed E-state index contributed by atoms with van der Waals surface area (Å²) in [7, 11) is 0. The van der Waals surface area contributed by atoms with Gasteiger partial charge in [-0.2, -0.15) is 0 Å². The summed E-state index contributed by atoms with van der Waals surface area (Å²) >= 11 is 0. The van der Waals surface area contributed by atoms with Crippen molar-refractivity contribution in [2.75, 3.05) is 5.32 Å². The van der Waals surface area contributed by atoms with Gasteiger partial charge in [-0.15, -0.1) is 12.4 Å². The Hall–Kier alpha value is -3.06. The van der Waals surface area contributed by atoms with Crippen LogP contribution in [-0.2, 0) is 0 Å². The lowest BCUT2D eigenvalue weighted by Crippen LogP contribution is -2.07. The fourth-order valence-corrected chi connectivity index (χ4v) is 2.20. The Morgan fingerprint density at radius 1 is 1.25 bits per heavy atom. The maximum Gasteiger partial charge on any atom is 0.235 e. The van der Waals surface area contributed by atoms with Gasteiger partial charge in [0, 0.05) is 23.5 Å². The minimum absolute atomic E-state index is 0. The number of nitrogens with zero attached hydrogens (tertiary/aromatic N) is 1. The number of nitrogens with one attached hydrogen (secondary N) is 2. The minimum atomic E-state index is -0.583. The van der Waals surface area contributed by atoms with Gasteiger partial charge in [-0.3, -0.25) is 10.2 Å². The predicted octanol–water partition coefficient (Wildman–Crippen LogP) is 3.10. The molecule has 24 heavy (non-hydrogen) atoms. The number of halogens is 1. The first-order valence-corrected chi connectivity index (χ1v) is 6.73.